The number of carbonyl (C=O) groups is 3. The van der Waals surface area contributed by atoms with Crippen molar-refractivity contribution in [1.29, 1.82) is 0 Å². The van der Waals surface area contributed by atoms with Crippen LogP contribution in [0.3, 0.4) is 0 Å². The molecule has 0 radical (unpaired) electrons. The highest BCUT2D eigenvalue weighted by Crippen LogP contribution is 2.43. The van der Waals surface area contributed by atoms with Crippen LogP contribution in [-0.2, 0) is 33.3 Å². The number of hydrogen-bond donors (Lipinski definition) is 2. The summed E-state index contributed by atoms with van der Waals surface area (Å²) < 4.78 is 42.9. The number of hydrogen-bond acceptors (Lipinski definition) is 10. The molecule has 2 N–H and O–H groups in total. The number of allylic oxidation sites excluding steroid dienone is 2. The molecule has 0 aliphatic carbocycles. The van der Waals surface area contributed by atoms with E-state index in [0.717, 1.165) is 37.4 Å². The molecule has 59 heavy (non-hydrogen) atoms. The van der Waals surface area contributed by atoms with Crippen molar-refractivity contribution in [1.82, 2.24) is 4.90 Å². The van der Waals surface area contributed by atoms with E-state index in [4.69, 9.17) is 18.9 Å². The minimum absolute atomic E-state index is 0.0674. The van der Waals surface area contributed by atoms with E-state index in [-0.39, 0.29) is 31.6 Å². The quantitative estimate of drug-likeness (QED) is 0.190. The predicted molar refractivity (Wildman–Crippen MR) is 227 cm³/mol. The molecule has 1 aromatic carbocycles. The summed E-state index contributed by atoms with van der Waals surface area (Å²) in [6.45, 7) is 17.5. The number of ketones is 1. The second-order valence-electron chi connectivity index (χ2n) is 18.0. The fourth-order valence-electron chi connectivity index (χ4n) is 9.58. The number of aliphatic imine (C=N–C) groups is 1. The fraction of sp³-hybridized carbons (Fsp3) is 0.702. The summed E-state index contributed by atoms with van der Waals surface area (Å²) in [7, 11) is 1.95. The van der Waals surface area contributed by atoms with Gasteiger partial charge < -0.3 is 34.1 Å². The SMILES string of the molecule is CCCCN(C)[C@H]1C[C@@H](C)O[C@@H](O[C@@H]2[C@@H](C)C(=O)[C@](C)(F)C(=O)O[C@H](CC)[C@@](C)(O)[C@@H]3CC/C(=C\C=C\c4ccccc4)CO[C@]2(C)C[C@@H](C)C(=NC(C)=O)[C@@H]3C)[C@@H]1O. The first-order chi connectivity index (χ1) is 27.7. The van der Waals surface area contributed by atoms with Crippen molar-refractivity contribution in [3.8, 4) is 0 Å². The number of aliphatic hydroxyl groups is 2. The van der Waals surface area contributed by atoms with Crippen molar-refractivity contribution >= 4 is 29.4 Å². The van der Waals surface area contributed by atoms with Crippen LogP contribution < -0.4 is 0 Å². The maximum Gasteiger partial charge on any atom is 0.351 e. The average Bonchev–Trinajstić information content (AvgIpc) is 3.20. The van der Waals surface area contributed by atoms with Gasteiger partial charge in [-0.15, -0.1) is 0 Å². The van der Waals surface area contributed by atoms with Crippen LogP contribution in [0.5, 0.6) is 0 Å². The summed E-state index contributed by atoms with van der Waals surface area (Å²) in [5.41, 5.74) is -3.93. The van der Waals surface area contributed by atoms with Crippen molar-refractivity contribution in [3.05, 3.63) is 53.6 Å². The van der Waals surface area contributed by atoms with Crippen molar-refractivity contribution in [2.24, 2.45) is 28.7 Å². The van der Waals surface area contributed by atoms with E-state index in [0.29, 0.717) is 25.0 Å². The van der Waals surface area contributed by atoms with Gasteiger partial charge in [0.05, 0.1) is 24.4 Å². The fourth-order valence-corrected chi connectivity index (χ4v) is 9.58. The summed E-state index contributed by atoms with van der Waals surface area (Å²) in [5, 5.41) is 24.4. The van der Waals surface area contributed by atoms with Gasteiger partial charge in [-0.1, -0.05) is 89.6 Å². The molecule has 2 bridgehead atoms. The lowest BCUT2D eigenvalue weighted by atomic mass is 9.68. The average molecular weight is 827 g/mol. The molecule has 0 unspecified atom stereocenters. The number of Topliss-reactive ketones (excluding diaryl/α,β-unsaturated/α-hetero) is 1. The van der Waals surface area contributed by atoms with Crippen molar-refractivity contribution in [2.75, 3.05) is 20.2 Å². The minimum Gasteiger partial charge on any atom is -0.457 e. The van der Waals surface area contributed by atoms with Crippen LogP contribution in [0.25, 0.3) is 6.08 Å². The Morgan fingerprint density at radius 3 is 2.39 bits per heavy atom. The van der Waals surface area contributed by atoms with Gasteiger partial charge in [-0.3, -0.25) is 9.59 Å². The third kappa shape index (κ3) is 11.6. The first-order valence-electron chi connectivity index (χ1n) is 21.7. The minimum atomic E-state index is -3.14. The summed E-state index contributed by atoms with van der Waals surface area (Å²) in [6, 6.07) is 9.51. The molecule has 3 aliphatic rings. The molecule has 11 nitrogen and oxygen atoms in total. The molecule has 0 spiro atoms. The Balaban J connectivity index is 1.98. The summed E-state index contributed by atoms with van der Waals surface area (Å²) in [5.74, 6) is -5.94. The first kappa shape index (κ1) is 48.5. The number of halogens is 1. The summed E-state index contributed by atoms with van der Waals surface area (Å²) >= 11 is 0. The number of aliphatic hydroxyl groups excluding tert-OH is 1. The molecule has 12 heteroatoms. The second kappa shape index (κ2) is 20.6. The van der Waals surface area contributed by atoms with Gasteiger partial charge in [-0.2, -0.15) is 0 Å². The third-order valence-corrected chi connectivity index (χ3v) is 13.0. The molecule has 4 rings (SSSR count). The number of esters is 1. The molecule has 13 atom stereocenters. The van der Waals surface area contributed by atoms with Crippen LogP contribution in [0.15, 0.2) is 53.0 Å². The Labute approximate surface area is 351 Å². The zero-order valence-electron chi connectivity index (χ0n) is 37.3. The topological polar surface area (TPSA) is 144 Å². The Morgan fingerprint density at radius 1 is 1.08 bits per heavy atom. The molecule has 3 aliphatic heterocycles. The number of amides is 1. The molecular weight excluding hydrogens is 756 g/mol. The maximum absolute atomic E-state index is 17.0. The number of cyclic esters (lactones) is 1. The van der Waals surface area contributed by atoms with Crippen LogP contribution in [0.2, 0.25) is 0 Å². The number of alkyl halides is 1. The van der Waals surface area contributed by atoms with Crippen LogP contribution in [0.1, 0.15) is 120 Å². The van der Waals surface area contributed by atoms with Crippen molar-refractivity contribution in [2.45, 2.75) is 168 Å². The molecule has 3 heterocycles. The van der Waals surface area contributed by atoms with E-state index < -0.39 is 82.8 Å². The number of likely N-dealkylation sites (N-methyl/N-ethyl adjacent to an activating group) is 1. The van der Waals surface area contributed by atoms with E-state index >= 15 is 4.39 Å². The molecule has 0 saturated carbocycles. The monoisotopic (exact) mass is 827 g/mol. The van der Waals surface area contributed by atoms with E-state index in [1.807, 2.05) is 76.4 Å². The van der Waals surface area contributed by atoms with E-state index in [1.54, 1.807) is 20.8 Å². The van der Waals surface area contributed by atoms with Crippen LogP contribution >= 0.6 is 0 Å². The van der Waals surface area contributed by atoms with Gasteiger partial charge in [0.15, 0.2) is 12.1 Å². The third-order valence-electron chi connectivity index (χ3n) is 13.0. The number of unbranched alkanes of at least 4 members (excludes halogenated alkanes) is 1. The van der Waals surface area contributed by atoms with Crippen LogP contribution in [-0.4, -0.2) is 112 Å². The summed E-state index contributed by atoms with van der Waals surface area (Å²) in [4.78, 5) is 48.0. The Bertz CT molecular complexity index is 1680. The molecule has 1 amide bonds. The number of fused-ring (bicyclic) bond motifs is 5. The molecule has 3 saturated heterocycles. The lowest BCUT2D eigenvalue weighted by Gasteiger charge is -2.48. The highest BCUT2D eigenvalue weighted by molar-refractivity contribution is 6.08. The maximum atomic E-state index is 17.0. The number of benzene rings is 1. The smallest absolute Gasteiger partial charge is 0.351 e. The number of nitrogens with zero attached hydrogens (tertiary/aromatic N) is 2. The molecule has 330 valence electrons. The largest absolute Gasteiger partial charge is 0.457 e. The normalized spacial score (nSPS) is 39.5. The Kier molecular flexibility index (Phi) is 17.0. The van der Waals surface area contributed by atoms with Crippen molar-refractivity contribution < 1.29 is 47.9 Å². The second-order valence-corrected chi connectivity index (χ2v) is 18.0. The van der Waals surface area contributed by atoms with Gasteiger partial charge in [0.2, 0.25) is 5.91 Å². The van der Waals surface area contributed by atoms with Gasteiger partial charge in [0.25, 0.3) is 5.67 Å². The number of rotatable bonds is 9. The molecule has 3 fully saturated rings. The first-order valence-corrected chi connectivity index (χ1v) is 21.7. The van der Waals surface area contributed by atoms with Gasteiger partial charge in [0.1, 0.15) is 17.8 Å². The van der Waals surface area contributed by atoms with E-state index in [1.165, 1.54) is 13.8 Å². The highest BCUT2D eigenvalue weighted by atomic mass is 19.1. The van der Waals surface area contributed by atoms with Crippen molar-refractivity contribution in [3.63, 3.8) is 0 Å². The Hall–Kier alpha value is -3.13. The van der Waals surface area contributed by atoms with Gasteiger partial charge in [0, 0.05) is 30.5 Å². The lowest BCUT2D eigenvalue weighted by molar-refractivity contribution is -0.297. The standard InChI is InChI=1S/C47H71FN2O9/c1-12-14-25-50(11)37-26-30(4)57-43(40(37)52)59-42-32(6)41(53)46(9,48)44(54)58-38(13-2)47(10,55)36-24-23-35(22-18-21-34-19-16-15-17-20-34)28-56-45(42,8)27-29(3)39(31(36)5)49-33(7)51/h15-22,29-32,36-38,40,42-43,52,55H,12-14,23-28H2,1-11H3/b21-18+,35-22+,49-39?/t29-,30-,31-,32+,36-,37+,38-,40-,42-,43+,45-,46+,47+/m1/s1. The van der Waals surface area contributed by atoms with Crippen LogP contribution in [0.4, 0.5) is 4.39 Å². The Morgan fingerprint density at radius 2 is 1.76 bits per heavy atom. The van der Waals surface area contributed by atoms with Crippen LogP contribution in [0, 0.1) is 23.7 Å². The van der Waals surface area contributed by atoms with Gasteiger partial charge >= 0.3 is 5.97 Å². The molecule has 1 aromatic rings. The lowest BCUT2D eigenvalue weighted by Crippen LogP contribution is -2.61. The van der Waals surface area contributed by atoms with E-state index in [9.17, 15) is 24.6 Å². The predicted octanol–water partition coefficient (Wildman–Crippen LogP) is 7.46. The van der Waals surface area contributed by atoms with E-state index in [2.05, 4.69) is 16.8 Å². The van der Waals surface area contributed by atoms with Gasteiger partial charge in [-0.05, 0) is 103 Å². The van der Waals surface area contributed by atoms with Gasteiger partial charge in [-0.25, -0.2) is 14.2 Å². The summed E-state index contributed by atoms with van der Waals surface area (Å²) in [6.07, 6.45) is 4.17. The number of carbonyl (C=O) groups excluding carboxylic acids is 3. The molecule has 0 aromatic heterocycles. The highest BCUT2D eigenvalue weighted by Gasteiger charge is 2.56. The molecular formula is C47H71FN2O9. The number of ether oxygens (including phenoxy) is 4. The zero-order valence-corrected chi connectivity index (χ0v) is 37.3. The zero-order chi connectivity index (χ0) is 43.9.